The predicted molar refractivity (Wildman–Crippen MR) is 268 cm³/mol. The van der Waals surface area contributed by atoms with Gasteiger partial charge in [0, 0.05) is 33.3 Å². The summed E-state index contributed by atoms with van der Waals surface area (Å²) in [6.07, 6.45) is 0. The normalized spacial score (nSPS) is 11.7. The molecule has 2 nitrogen and oxygen atoms in total. The minimum absolute atomic E-state index is 0.293. The van der Waals surface area contributed by atoms with Crippen LogP contribution in [0.3, 0.4) is 0 Å². The maximum absolute atomic E-state index is 2.52. The highest BCUT2D eigenvalue weighted by molar-refractivity contribution is 6.30. The first-order chi connectivity index (χ1) is 30.3. The van der Waals surface area contributed by atoms with Crippen molar-refractivity contribution in [1.29, 1.82) is 0 Å². The molecule has 0 spiro atoms. The molecule has 0 bridgehead atoms. The molecular weight excluding hydrogens is 749 g/mol. The van der Waals surface area contributed by atoms with Crippen LogP contribution in [-0.2, 0) is 0 Å². The van der Waals surface area contributed by atoms with E-state index in [9.17, 15) is 0 Å². The second-order valence-electron chi connectivity index (χ2n) is 17.5. The van der Waals surface area contributed by atoms with E-state index in [1.807, 2.05) is 0 Å². The number of para-hydroxylation sites is 2. The Bertz CT molecular complexity index is 2960. The summed E-state index contributed by atoms with van der Waals surface area (Å²) in [6, 6.07) is 72.0. The fraction of sp³-hybridized carbons (Fsp3) is 0.133. The largest absolute Gasteiger partial charge is 0.309 e. The van der Waals surface area contributed by atoms with E-state index in [4.69, 9.17) is 0 Å². The fourth-order valence-electron chi connectivity index (χ4n) is 9.61. The minimum Gasteiger partial charge on any atom is -0.309 e. The molecule has 10 aromatic carbocycles. The topological polar surface area (TPSA) is 6.48 Å². The van der Waals surface area contributed by atoms with Crippen LogP contribution >= 0.6 is 0 Å². The van der Waals surface area contributed by atoms with Gasteiger partial charge >= 0.3 is 0 Å². The Morgan fingerprint density at radius 2 is 0.677 bits per heavy atom. The maximum Gasteiger partial charge on any atom is 0.0541 e. The summed E-state index contributed by atoms with van der Waals surface area (Å²) in [5.74, 6) is 0.586. The first-order valence-corrected chi connectivity index (χ1v) is 22.1. The number of aryl methyl sites for hydroxylation is 2. The van der Waals surface area contributed by atoms with Crippen LogP contribution in [0, 0.1) is 13.8 Å². The first-order valence-electron chi connectivity index (χ1n) is 22.1. The van der Waals surface area contributed by atoms with Gasteiger partial charge in [-0.3, -0.25) is 0 Å². The third-order valence-electron chi connectivity index (χ3n) is 12.7. The van der Waals surface area contributed by atoms with Gasteiger partial charge in [-0.05, 0) is 130 Å². The maximum atomic E-state index is 2.52. The molecule has 10 aromatic rings. The van der Waals surface area contributed by atoms with Crippen LogP contribution < -0.4 is 9.80 Å². The van der Waals surface area contributed by atoms with Crippen molar-refractivity contribution in [3.63, 3.8) is 0 Å². The molecule has 0 unspecified atom stereocenters. The SMILES string of the molecule is Cc1ccc(N(c2ccccc2-c2ccccc2)c2ccc3c(C(C)C)cc4c(N(c5ccc(C)cc5)c5ccccc5-c5ccccc5)ccc5c(C(C)C)cc2c3c54)cc1. The Labute approximate surface area is 366 Å². The number of nitrogens with zero attached hydrogens (tertiary/aromatic N) is 2. The van der Waals surface area contributed by atoms with Gasteiger partial charge in [-0.25, -0.2) is 0 Å². The van der Waals surface area contributed by atoms with Crippen molar-refractivity contribution in [1.82, 2.24) is 0 Å². The van der Waals surface area contributed by atoms with E-state index in [-0.39, 0.29) is 0 Å². The molecule has 10 rings (SSSR count). The molecule has 302 valence electrons. The molecule has 0 aliphatic rings. The molecule has 62 heavy (non-hydrogen) atoms. The molecule has 0 N–H and O–H groups in total. The predicted octanol–water partition coefficient (Wildman–Crippen LogP) is 17.7. The number of hydrogen-bond donors (Lipinski definition) is 0. The second kappa shape index (κ2) is 16.0. The molecule has 0 saturated heterocycles. The van der Waals surface area contributed by atoms with E-state index in [1.165, 1.54) is 88.2 Å². The van der Waals surface area contributed by atoms with Gasteiger partial charge in [-0.2, -0.15) is 0 Å². The lowest BCUT2D eigenvalue weighted by Crippen LogP contribution is -2.13. The van der Waals surface area contributed by atoms with Crippen LogP contribution in [0.1, 0.15) is 61.8 Å². The van der Waals surface area contributed by atoms with Gasteiger partial charge in [0.25, 0.3) is 0 Å². The Hall–Kier alpha value is -7.16. The van der Waals surface area contributed by atoms with Crippen molar-refractivity contribution >= 4 is 66.4 Å². The van der Waals surface area contributed by atoms with Gasteiger partial charge in [0.2, 0.25) is 0 Å². The molecule has 0 atom stereocenters. The number of rotatable bonds is 10. The van der Waals surface area contributed by atoms with E-state index in [2.05, 4.69) is 245 Å². The lowest BCUT2D eigenvalue weighted by atomic mass is 9.83. The van der Waals surface area contributed by atoms with Crippen LogP contribution in [0.25, 0.3) is 54.6 Å². The summed E-state index contributed by atoms with van der Waals surface area (Å²) in [4.78, 5) is 5.00. The lowest BCUT2D eigenvalue weighted by Gasteiger charge is -2.32. The van der Waals surface area contributed by atoms with Crippen LogP contribution in [0.5, 0.6) is 0 Å². The standard InChI is InChI=1S/C60H52N2/c1-39(2)51-37-53-57(61(45-29-25-41(5)26-30-45)55-23-15-13-21-47(55)43-17-9-7-10-18-43)36-34-50-52(40(3)4)38-54-58(35-33-49(51)59(54)60(50)53)62(46-31-27-42(6)28-32-46)56-24-16-14-22-48(56)44-19-11-8-12-20-44/h7-40H,1-6H3. The van der Waals surface area contributed by atoms with Gasteiger partial charge < -0.3 is 9.80 Å². The van der Waals surface area contributed by atoms with Crippen molar-refractivity contribution in [2.45, 2.75) is 53.4 Å². The number of anilines is 6. The first kappa shape index (κ1) is 39.0. The van der Waals surface area contributed by atoms with Gasteiger partial charge in [-0.1, -0.05) is 172 Å². The molecule has 0 amide bonds. The molecule has 0 aromatic heterocycles. The third kappa shape index (κ3) is 6.77. The highest BCUT2D eigenvalue weighted by Gasteiger charge is 2.27. The van der Waals surface area contributed by atoms with E-state index < -0.39 is 0 Å². The van der Waals surface area contributed by atoms with Crippen molar-refractivity contribution in [2.75, 3.05) is 9.80 Å². The summed E-state index contributed by atoms with van der Waals surface area (Å²) >= 11 is 0. The summed E-state index contributed by atoms with van der Waals surface area (Å²) < 4.78 is 0. The van der Waals surface area contributed by atoms with Crippen LogP contribution in [0.2, 0.25) is 0 Å². The molecule has 0 aliphatic carbocycles. The zero-order valence-electron chi connectivity index (χ0n) is 36.5. The average Bonchev–Trinajstić information content (AvgIpc) is 3.30. The summed E-state index contributed by atoms with van der Waals surface area (Å²) in [6.45, 7) is 13.7. The smallest absolute Gasteiger partial charge is 0.0541 e. The van der Waals surface area contributed by atoms with Crippen molar-refractivity contribution in [2.24, 2.45) is 0 Å². The van der Waals surface area contributed by atoms with E-state index >= 15 is 0 Å². The van der Waals surface area contributed by atoms with Crippen LogP contribution in [0.4, 0.5) is 34.1 Å². The Kier molecular flexibility index (Phi) is 10.1. The summed E-state index contributed by atoms with van der Waals surface area (Å²) in [5, 5.41) is 7.79. The van der Waals surface area contributed by atoms with Crippen molar-refractivity contribution < 1.29 is 0 Å². The zero-order valence-corrected chi connectivity index (χ0v) is 36.5. The Balaban J connectivity index is 1.33. The minimum atomic E-state index is 0.293. The number of hydrogen-bond acceptors (Lipinski definition) is 2. The molecule has 0 heterocycles. The molecule has 0 radical (unpaired) electrons. The van der Waals surface area contributed by atoms with Gasteiger partial charge in [0.1, 0.15) is 0 Å². The highest BCUT2D eigenvalue weighted by atomic mass is 15.2. The van der Waals surface area contributed by atoms with Crippen molar-refractivity contribution in [3.8, 4) is 22.3 Å². The molecule has 0 fully saturated rings. The van der Waals surface area contributed by atoms with Crippen LogP contribution in [0.15, 0.2) is 194 Å². The quantitative estimate of drug-likeness (QED) is 0.127. The van der Waals surface area contributed by atoms with Gasteiger partial charge in [0.05, 0.1) is 22.7 Å². The van der Waals surface area contributed by atoms with Crippen molar-refractivity contribution in [3.05, 3.63) is 216 Å². The van der Waals surface area contributed by atoms with Gasteiger partial charge in [-0.15, -0.1) is 0 Å². The van der Waals surface area contributed by atoms with E-state index in [0.717, 1.165) is 22.7 Å². The summed E-state index contributed by atoms with van der Waals surface area (Å²) in [5.41, 5.74) is 16.9. The fourth-order valence-corrected chi connectivity index (χ4v) is 9.61. The summed E-state index contributed by atoms with van der Waals surface area (Å²) in [7, 11) is 0. The van der Waals surface area contributed by atoms with E-state index in [1.54, 1.807) is 0 Å². The molecule has 2 heteroatoms. The molecule has 0 saturated carbocycles. The number of benzene rings is 10. The highest BCUT2D eigenvalue weighted by Crippen LogP contribution is 2.52. The molecular formula is C60H52N2. The Morgan fingerprint density at radius 1 is 0.323 bits per heavy atom. The van der Waals surface area contributed by atoms with E-state index in [0.29, 0.717) is 11.8 Å². The van der Waals surface area contributed by atoms with Crippen LogP contribution in [-0.4, -0.2) is 0 Å². The van der Waals surface area contributed by atoms with Gasteiger partial charge in [0.15, 0.2) is 0 Å². The zero-order chi connectivity index (χ0) is 42.5. The monoisotopic (exact) mass is 800 g/mol. The lowest BCUT2D eigenvalue weighted by molar-refractivity contribution is 0.876. The molecule has 0 aliphatic heterocycles. The third-order valence-corrected chi connectivity index (χ3v) is 12.7. The average molecular weight is 801 g/mol. The Morgan fingerprint density at radius 3 is 1.05 bits per heavy atom. The second-order valence-corrected chi connectivity index (χ2v) is 17.5.